The Morgan fingerprint density at radius 1 is 0.145 bits per heavy atom. The van der Waals surface area contributed by atoms with Crippen molar-refractivity contribution in [3.05, 3.63) is 419 Å². The van der Waals surface area contributed by atoms with Crippen LogP contribution in [0.4, 0.5) is 0 Å². The molecule has 0 unspecified atom stereocenters. The van der Waals surface area contributed by atoms with Crippen LogP contribution in [-0.4, -0.2) is 44.9 Å². The summed E-state index contributed by atoms with van der Waals surface area (Å²) in [4.78, 5) is 45.2. The highest BCUT2D eigenvalue weighted by atomic mass is 32.1. The zero-order chi connectivity index (χ0) is 90.6. The largest absolute Gasteiger partial charge is 0.456 e. The molecule has 14 nitrogen and oxygen atoms in total. The van der Waals surface area contributed by atoms with Crippen LogP contribution in [-0.2, 0) is 0 Å². The van der Waals surface area contributed by atoms with Crippen molar-refractivity contribution < 1.29 is 22.1 Å². The summed E-state index contributed by atoms with van der Waals surface area (Å²) in [6.07, 6.45) is 0. The predicted molar refractivity (Wildman–Crippen MR) is 563 cm³/mol. The molecule has 0 aliphatic carbocycles. The number of hydrogen-bond acceptors (Lipinski definition) is 15. The second-order valence-electron chi connectivity index (χ2n) is 34.8. The van der Waals surface area contributed by atoms with Crippen molar-refractivity contribution in [2.75, 3.05) is 0 Å². The average molecular weight is 1790 g/mol. The summed E-state index contributed by atoms with van der Waals surface area (Å²) >= 11 is 1.78. The highest BCUT2D eigenvalue weighted by Crippen LogP contribution is 2.47. The first kappa shape index (κ1) is 78.1. The van der Waals surface area contributed by atoms with Gasteiger partial charge in [-0.05, 0) is 158 Å². The molecule has 0 saturated carbocycles. The Bertz CT molecular complexity index is 10300. The van der Waals surface area contributed by atoms with Crippen LogP contribution in [0.3, 0.4) is 0 Å². The predicted octanol–water partition coefficient (Wildman–Crippen LogP) is 33.4. The van der Waals surface area contributed by atoms with Gasteiger partial charge >= 0.3 is 0 Å². The number of thiophene rings is 1. The molecule has 0 aliphatic heterocycles. The maximum absolute atomic E-state index is 6.24. The topological polar surface area (TPSA) is 182 Å². The molecular weight excluding hydrogens is 1720 g/mol. The fourth-order valence-corrected chi connectivity index (χ4v) is 21.4. The fourth-order valence-electron chi connectivity index (χ4n) is 20.2. The molecule has 9 heterocycles. The van der Waals surface area contributed by atoms with Crippen LogP contribution in [0.15, 0.2) is 441 Å². The van der Waals surface area contributed by atoms with E-state index in [-0.39, 0.29) is 0 Å². The van der Waals surface area contributed by atoms with Gasteiger partial charge in [0.25, 0.3) is 0 Å². The molecule has 0 N–H and O–H groups in total. The van der Waals surface area contributed by atoms with Gasteiger partial charge in [0.15, 0.2) is 52.4 Å². The van der Waals surface area contributed by atoms with E-state index >= 15 is 0 Å². The molecule has 0 bridgehead atoms. The van der Waals surface area contributed by atoms with E-state index < -0.39 is 0 Å². The number of para-hydroxylation sites is 5. The Hall–Kier alpha value is -18.6. The second-order valence-corrected chi connectivity index (χ2v) is 35.9. The molecule has 0 saturated heterocycles. The highest BCUT2D eigenvalue weighted by molar-refractivity contribution is 7.26. The number of nitrogens with zero attached hydrogens (tertiary/aromatic N) is 9. The lowest BCUT2D eigenvalue weighted by Crippen LogP contribution is -2.00. The van der Waals surface area contributed by atoms with Crippen molar-refractivity contribution in [1.82, 2.24) is 44.9 Å². The summed E-state index contributed by atoms with van der Waals surface area (Å²) in [7, 11) is 0. The van der Waals surface area contributed by atoms with E-state index in [1.54, 1.807) is 11.3 Å². The number of furan rings is 5. The minimum atomic E-state index is 0.594. The van der Waals surface area contributed by atoms with E-state index in [0.29, 0.717) is 52.4 Å². The van der Waals surface area contributed by atoms with E-state index in [1.807, 2.05) is 170 Å². The molecule has 642 valence electrons. The molecule has 0 amide bonds. The molecule has 0 aliphatic rings. The van der Waals surface area contributed by atoms with E-state index in [2.05, 4.69) is 249 Å². The molecular formula is C123H69N9O5S. The number of fused-ring (bicyclic) bond motifs is 30. The van der Waals surface area contributed by atoms with Crippen LogP contribution < -0.4 is 0 Å². The third-order valence-electron chi connectivity index (χ3n) is 26.7. The Balaban J connectivity index is 0.000000102. The third-order valence-corrected chi connectivity index (χ3v) is 27.9. The maximum Gasteiger partial charge on any atom is 0.165 e. The Labute approximate surface area is 788 Å². The van der Waals surface area contributed by atoms with Crippen LogP contribution in [0.25, 0.3) is 297 Å². The van der Waals surface area contributed by atoms with E-state index in [4.69, 9.17) is 66.9 Å². The lowest BCUT2D eigenvalue weighted by Gasteiger charge is -2.11. The highest BCUT2D eigenvalue weighted by Gasteiger charge is 2.25. The summed E-state index contributed by atoms with van der Waals surface area (Å²) in [5, 5.41) is 27.5. The minimum absolute atomic E-state index is 0.594. The third kappa shape index (κ3) is 13.1. The van der Waals surface area contributed by atoms with Gasteiger partial charge in [-0.2, -0.15) is 0 Å². The molecule has 15 heteroatoms. The van der Waals surface area contributed by atoms with E-state index in [1.165, 1.54) is 57.9 Å². The maximum atomic E-state index is 6.24. The van der Waals surface area contributed by atoms with Crippen LogP contribution >= 0.6 is 11.3 Å². The summed E-state index contributed by atoms with van der Waals surface area (Å²) in [5.74, 6) is 5.67. The van der Waals surface area contributed by atoms with Crippen LogP contribution in [0.5, 0.6) is 0 Å². The van der Waals surface area contributed by atoms with Crippen molar-refractivity contribution in [2.24, 2.45) is 0 Å². The zero-order valence-electron chi connectivity index (χ0n) is 73.3. The fraction of sp³-hybridized carbons (Fsp3) is 0. The number of aromatic nitrogens is 9. The van der Waals surface area contributed by atoms with Gasteiger partial charge in [0.05, 0.1) is 0 Å². The van der Waals surface area contributed by atoms with Crippen LogP contribution in [0.1, 0.15) is 0 Å². The molecule has 0 fully saturated rings. The van der Waals surface area contributed by atoms with Gasteiger partial charge in [-0.1, -0.05) is 309 Å². The normalized spacial score (nSPS) is 11.9. The van der Waals surface area contributed by atoms with Crippen molar-refractivity contribution >= 4 is 206 Å². The van der Waals surface area contributed by atoms with Gasteiger partial charge in [0.1, 0.15) is 55.8 Å². The lowest BCUT2D eigenvalue weighted by molar-refractivity contribution is 0.668. The van der Waals surface area contributed by atoms with Crippen molar-refractivity contribution in [3.8, 4) is 102 Å². The van der Waals surface area contributed by atoms with E-state index in [9.17, 15) is 0 Å². The average Bonchev–Trinajstić information content (AvgIpc) is 1.54. The summed E-state index contributed by atoms with van der Waals surface area (Å²) in [5.41, 5.74) is 17.1. The first-order valence-electron chi connectivity index (χ1n) is 45.8. The monoisotopic (exact) mass is 1780 g/mol. The van der Waals surface area contributed by atoms with Gasteiger partial charge in [-0.3, -0.25) is 0 Å². The van der Waals surface area contributed by atoms with Crippen LogP contribution in [0, 0.1) is 0 Å². The molecule has 0 radical (unpaired) electrons. The van der Waals surface area contributed by atoms with Gasteiger partial charge in [0.2, 0.25) is 0 Å². The lowest BCUT2D eigenvalue weighted by atomic mass is 9.96. The van der Waals surface area contributed by atoms with Gasteiger partial charge in [0, 0.05) is 140 Å². The SMILES string of the molecule is c1ccc(-c2nc(-c3ccc4c(ccc5ccc6oc7ccccc7c6c54)c3)nc(-c3ccc4c(c3)oc3ccccc34)n2)cc1.c1ccc(-c2nc(-c3ccc4c(ccc5ccc6oc7ccccc7c6c54)c3)nc(-c3ccc4oc5ccccc5c4c3)n2)cc1.c1ccc(-c2nc(-c3ccc4c(ccc5ccc6oc7ccccc7c6c54)c3)nc(-c3cccc4c3sc3ccccc34)n2)cc1. The van der Waals surface area contributed by atoms with Crippen LogP contribution in [0.2, 0.25) is 0 Å². The number of hydrogen-bond donors (Lipinski definition) is 0. The summed E-state index contributed by atoms with van der Waals surface area (Å²) in [6, 6.07) is 144. The quantitative estimate of drug-likeness (QED) is 0.124. The first-order valence-corrected chi connectivity index (χ1v) is 46.6. The summed E-state index contributed by atoms with van der Waals surface area (Å²) in [6.45, 7) is 0. The second kappa shape index (κ2) is 31.6. The molecule has 30 aromatic rings. The van der Waals surface area contributed by atoms with Gasteiger partial charge < -0.3 is 22.1 Å². The molecule has 30 rings (SSSR count). The van der Waals surface area contributed by atoms with E-state index in [0.717, 1.165) is 187 Å². The first-order chi connectivity index (χ1) is 68.3. The molecule has 21 aromatic carbocycles. The van der Waals surface area contributed by atoms with Crippen molar-refractivity contribution in [1.29, 1.82) is 0 Å². The Morgan fingerprint density at radius 3 is 0.848 bits per heavy atom. The van der Waals surface area contributed by atoms with Crippen molar-refractivity contribution in [3.63, 3.8) is 0 Å². The number of benzene rings is 21. The van der Waals surface area contributed by atoms with Gasteiger partial charge in [-0.25, -0.2) is 44.9 Å². The number of rotatable bonds is 9. The molecule has 138 heavy (non-hydrogen) atoms. The van der Waals surface area contributed by atoms with Gasteiger partial charge in [-0.15, -0.1) is 11.3 Å². The Morgan fingerprint density at radius 2 is 0.420 bits per heavy atom. The molecule has 0 spiro atoms. The molecule has 9 aromatic heterocycles. The molecule has 0 atom stereocenters. The van der Waals surface area contributed by atoms with Crippen molar-refractivity contribution in [2.45, 2.75) is 0 Å². The Kier molecular flexibility index (Phi) is 17.9. The summed E-state index contributed by atoms with van der Waals surface area (Å²) < 4.78 is 33.4. The standard InChI is InChI=1S/2C41H23N3O2.C41H23N3OS/c1-2-8-25(9-3-1)39-42-40(44-41(43-39)28-18-20-35-32(23-28)30-10-4-6-12-33(30)45-35)27-16-19-29-26(22-27)15-14-24-17-21-36-38(37(24)29)31-11-5-7-13-34(31)46-36;1-2-8-25(9-3-1)39-42-40(44-41(43-39)28-17-20-31-30-10-4-6-12-33(30)46-36(31)23-28)27-16-19-29-26(22-27)15-14-24-18-21-35-38(37(24)29)32-11-5-7-13-34(32)45-35;1-2-9-25(10-3-1)39-42-40(44-41(43-39)32-14-8-13-30-29-11-5-7-16-35(29)46-38(30)32)27-19-21-28-26(23-27)18-17-24-20-22-34-37(36(24)28)31-12-4-6-15-33(31)45-34/h3*1-23H. The smallest absolute Gasteiger partial charge is 0.165 e. The minimum Gasteiger partial charge on any atom is -0.456 e. The zero-order valence-corrected chi connectivity index (χ0v) is 74.1.